The fourth-order valence-corrected chi connectivity index (χ4v) is 5.18. The molecular formula is C20H19OP. The maximum absolute atomic E-state index is 10.2. The van der Waals surface area contributed by atoms with Crippen LogP contribution in [-0.2, 0) is 0 Å². The predicted molar refractivity (Wildman–Crippen MR) is 95.8 cm³/mol. The van der Waals surface area contributed by atoms with E-state index in [1.165, 1.54) is 15.9 Å². The molecular weight excluding hydrogens is 287 g/mol. The van der Waals surface area contributed by atoms with Gasteiger partial charge < -0.3 is 5.11 Å². The lowest BCUT2D eigenvalue weighted by molar-refractivity contribution is 0.200. The van der Waals surface area contributed by atoms with Crippen LogP contribution in [0.25, 0.3) is 0 Å². The summed E-state index contributed by atoms with van der Waals surface area (Å²) in [5.74, 6) is 0. The van der Waals surface area contributed by atoms with Gasteiger partial charge in [0.15, 0.2) is 0 Å². The molecule has 0 aromatic heterocycles. The van der Waals surface area contributed by atoms with Gasteiger partial charge in [-0.15, -0.1) is 0 Å². The second-order valence-electron chi connectivity index (χ2n) is 5.24. The standard InChI is InChI=1S/C20H19OP/c1-16(21)19-14-8-9-15-20(19)22(17-10-4-2-5-11-17)18-12-6-3-7-13-18/h2-16,21H,1H3/t16-/m1/s1. The molecule has 3 rings (SSSR count). The van der Waals surface area contributed by atoms with Crippen molar-refractivity contribution in [2.45, 2.75) is 13.0 Å². The van der Waals surface area contributed by atoms with Gasteiger partial charge in [0, 0.05) is 0 Å². The molecule has 0 radical (unpaired) electrons. The van der Waals surface area contributed by atoms with Crippen LogP contribution in [0.1, 0.15) is 18.6 Å². The van der Waals surface area contributed by atoms with Crippen molar-refractivity contribution in [3.63, 3.8) is 0 Å². The lowest BCUT2D eigenvalue weighted by Crippen LogP contribution is -2.24. The molecule has 110 valence electrons. The highest BCUT2D eigenvalue weighted by Gasteiger charge is 2.20. The number of benzene rings is 3. The summed E-state index contributed by atoms with van der Waals surface area (Å²) >= 11 is 0. The minimum Gasteiger partial charge on any atom is -0.389 e. The van der Waals surface area contributed by atoms with Crippen molar-refractivity contribution in [2.24, 2.45) is 0 Å². The van der Waals surface area contributed by atoms with E-state index in [1.54, 1.807) is 0 Å². The number of aliphatic hydroxyl groups excluding tert-OH is 1. The highest BCUT2D eigenvalue weighted by Crippen LogP contribution is 2.35. The highest BCUT2D eigenvalue weighted by atomic mass is 31.1. The molecule has 0 amide bonds. The molecule has 2 heteroatoms. The number of aliphatic hydroxyl groups is 1. The van der Waals surface area contributed by atoms with Crippen LogP contribution in [0.5, 0.6) is 0 Å². The largest absolute Gasteiger partial charge is 0.389 e. The third-order valence-corrected chi connectivity index (χ3v) is 6.17. The van der Waals surface area contributed by atoms with Crippen LogP contribution < -0.4 is 15.9 Å². The van der Waals surface area contributed by atoms with Gasteiger partial charge in [-0.25, -0.2) is 0 Å². The van der Waals surface area contributed by atoms with E-state index in [0.717, 1.165) is 5.56 Å². The van der Waals surface area contributed by atoms with Crippen LogP contribution in [0.2, 0.25) is 0 Å². The summed E-state index contributed by atoms with van der Waals surface area (Å²) in [5.41, 5.74) is 1.02. The molecule has 0 aliphatic heterocycles. The molecule has 0 heterocycles. The van der Waals surface area contributed by atoms with Crippen molar-refractivity contribution < 1.29 is 5.11 Å². The van der Waals surface area contributed by atoms with Gasteiger partial charge in [0.2, 0.25) is 0 Å². The molecule has 0 aliphatic rings. The summed E-state index contributed by atoms with van der Waals surface area (Å²) in [5, 5.41) is 14.0. The van der Waals surface area contributed by atoms with Crippen molar-refractivity contribution in [1.29, 1.82) is 0 Å². The van der Waals surface area contributed by atoms with Crippen molar-refractivity contribution in [1.82, 2.24) is 0 Å². The minimum absolute atomic E-state index is 0.464. The fourth-order valence-electron chi connectivity index (χ4n) is 2.63. The first-order valence-corrected chi connectivity index (χ1v) is 8.79. The maximum atomic E-state index is 10.2. The van der Waals surface area contributed by atoms with E-state index in [0.29, 0.717) is 0 Å². The Labute approximate surface area is 133 Å². The van der Waals surface area contributed by atoms with E-state index < -0.39 is 14.0 Å². The zero-order valence-corrected chi connectivity index (χ0v) is 13.4. The van der Waals surface area contributed by atoms with E-state index in [9.17, 15) is 5.11 Å². The normalized spacial score (nSPS) is 12.3. The van der Waals surface area contributed by atoms with Gasteiger partial charge in [-0.2, -0.15) is 0 Å². The molecule has 3 aromatic rings. The first-order chi connectivity index (χ1) is 10.8. The third kappa shape index (κ3) is 3.11. The molecule has 0 spiro atoms. The van der Waals surface area contributed by atoms with Gasteiger partial charge in [-0.3, -0.25) is 0 Å². The summed E-state index contributed by atoms with van der Waals surface area (Å²) in [6.07, 6.45) is -0.464. The topological polar surface area (TPSA) is 20.2 Å². The Morgan fingerprint density at radius 2 is 1.14 bits per heavy atom. The van der Waals surface area contributed by atoms with E-state index >= 15 is 0 Å². The Balaban J connectivity index is 2.19. The second-order valence-corrected chi connectivity index (χ2v) is 7.43. The molecule has 0 saturated heterocycles. The molecule has 0 unspecified atom stereocenters. The SMILES string of the molecule is C[C@@H](O)c1ccccc1P(c1ccccc1)c1ccccc1. The molecule has 0 aliphatic carbocycles. The molecule has 0 bridgehead atoms. The lowest BCUT2D eigenvalue weighted by Gasteiger charge is -2.23. The summed E-state index contributed by atoms with van der Waals surface area (Å²) in [7, 11) is -0.659. The number of rotatable bonds is 4. The lowest BCUT2D eigenvalue weighted by atomic mass is 10.1. The van der Waals surface area contributed by atoms with Crippen LogP contribution in [0.4, 0.5) is 0 Å². The summed E-state index contributed by atoms with van der Waals surface area (Å²) in [4.78, 5) is 0. The van der Waals surface area contributed by atoms with Crippen LogP contribution in [0, 0.1) is 0 Å². The Morgan fingerprint density at radius 3 is 1.64 bits per heavy atom. The van der Waals surface area contributed by atoms with Gasteiger partial charge in [0.1, 0.15) is 0 Å². The van der Waals surface area contributed by atoms with Gasteiger partial charge >= 0.3 is 0 Å². The zero-order valence-electron chi connectivity index (χ0n) is 12.6. The molecule has 22 heavy (non-hydrogen) atoms. The summed E-state index contributed by atoms with van der Waals surface area (Å²) in [6, 6.07) is 29.4. The van der Waals surface area contributed by atoms with Crippen LogP contribution in [0.3, 0.4) is 0 Å². The van der Waals surface area contributed by atoms with Crippen molar-refractivity contribution in [2.75, 3.05) is 0 Å². The summed E-state index contributed by atoms with van der Waals surface area (Å²) in [6.45, 7) is 1.84. The Kier molecular flexibility index (Phi) is 4.68. The van der Waals surface area contributed by atoms with Gasteiger partial charge in [-0.05, 0) is 36.3 Å². The van der Waals surface area contributed by atoms with E-state index in [2.05, 4.69) is 60.7 Å². The average Bonchev–Trinajstić information content (AvgIpc) is 2.57. The van der Waals surface area contributed by atoms with Crippen molar-refractivity contribution >= 4 is 23.8 Å². The first kappa shape index (κ1) is 15.0. The van der Waals surface area contributed by atoms with Crippen molar-refractivity contribution in [3.8, 4) is 0 Å². The fraction of sp³-hybridized carbons (Fsp3) is 0.100. The maximum Gasteiger partial charge on any atom is 0.0768 e. The van der Waals surface area contributed by atoms with Gasteiger partial charge in [0.05, 0.1) is 6.10 Å². The van der Waals surface area contributed by atoms with E-state index in [-0.39, 0.29) is 0 Å². The highest BCUT2D eigenvalue weighted by molar-refractivity contribution is 7.79. The average molecular weight is 306 g/mol. The number of hydrogen-bond donors (Lipinski definition) is 1. The molecule has 0 saturated carbocycles. The van der Waals surface area contributed by atoms with E-state index in [4.69, 9.17) is 0 Å². The van der Waals surface area contributed by atoms with Crippen LogP contribution in [0.15, 0.2) is 84.9 Å². The minimum atomic E-state index is -0.659. The Morgan fingerprint density at radius 1 is 0.682 bits per heavy atom. The van der Waals surface area contributed by atoms with Crippen LogP contribution in [-0.4, -0.2) is 5.11 Å². The third-order valence-electron chi connectivity index (χ3n) is 3.66. The molecule has 0 fully saturated rings. The number of hydrogen-bond acceptors (Lipinski definition) is 1. The second kappa shape index (κ2) is 6.87. The first-order valence-electron chi connectivity index (χ1n) is 7.44. The molecule has 3 aromatic carbocycles. The van der Waals surface area contributed by atoms with Gasteiger partial charge in [0.25, 0.3) is 0 Å². The predicted octanol–water partition coefficient (Wildman–Crippen LogP) is 3.50. The molecule has 1 nitrogen and oxygen atoms in total. The van der Waals surface area contributed by atoms with Gasteiger partial charge in [-0.1, -0.05) is 84.9 Å². The molecule has 1 atom stereocenters. The summed E-state index contributed by atoms with van der Waals surface area (Å²) < 4.78 is 0. The smallest absolute Gasteiger partial charge is 0.0768 e. The molecule has 1 N–H and O–H groups in total. The Bertz CT molecular complexity index is 683. The van der Waals surface area contributed by atoms with E-state index in [1.807, 2.05) is 31.2 Å². The van der Waals surface area contributed by atoms with Crippen LogP contribution >= 0.6 is 7.92 Å². The van der Waals surface area contributed by atoms with Crippen molar-refractivity contribution in [3.05, 3.63) is 90.5 Å². The monoisotopic (exact) mass is 306 g/mol. The Hall–Kier alpha value is -1.95. The quantitative estimate of drug-likeness (QED) is 0.732. The zero-order chi connectivity index (χ0) is 15.4.